The zero-order valence-corrected chi connectivity index (χ0v) is 9.62. The average molecular weight is 240 g/mol. The predicted molar refractivity (Wildman–Crippen MR) is 60.8 cm³/mol. The second kappa shape index (κ2) is 4.49. The molecule has 4 nitrogen and oxygen atoms in total. The summed E-state index contributed by atoms with van der Waals surface area (Å²) in [4.78, 5) is 10.7. The summed E-state index contributed by atoms with van der Waals surface area (Å²) in [5.41, 5.74) is 1.09. The number of benzene rings is 1. The summed E-state index contributed by atoms with van der Waals surface area (Å²) in [7, 11) is -3.21. The molecule has 5 heteroatoms. The summed E-state index contributed by atoms with van der Waals surface area (Å²) in [6, 6.07) is 6.00. The second-order valence-electron chi connectivity index (χ2n) is 3.47. The maximum Gasteiger partial charge on any atom is 0.307 e. The van der Waals surface area contributed by atoms with E-state index in [4.69, 9.17) is 5.11 Å². The van der Waals surface area contributed by atoms with E-state index < -0.39 is 15.8 Å². The van der Waals surface area contributed by atoms with Crippen LogP contribution in [0.25, 0.3) is 5.57 Å². The van der Waals surface area contributed by atoms with Crippen LogP contribution in [0.5, 0.6) is 0 Å². The van der Waals surface area contributed by atoms with Gasteiger partial charge in [0.2, 0.25) is 0 Å². The van der Waals surface area contributed by atoms with Crippen LogP contribution in [0.4, 0.5) is 0 Å². The lowest BCUT2D eigenvalue weighted by atomic mass is 10.1. The Morgan fingerprint density at radius 2 is 1.81 bits per heavy atom. The molecule has 0 aliphatic heterocycles. The summed E-state index contributed by atoms with van der Waals surface area (Å²) in [5.74, 6) is -0.961. The van der Waals surface area contributed by atoms with E-state index in [1.807, 2.05) is 0 Å². The van der Waals surface area contributed by atoms with Crippen molar-refractivity contribution in [1.29, 1.82) is 0 Å². The minimum absolute atomic E-state index is 0.155. The quantitative estimate of drug-likeness (QED) is 0.867. The van der Waals surface area contributed by atoms with E-state index in [0.717, 1.165) is 6.26 Å². The van der Waals surface area contributed by atoms with E-state index in [-0.39, 0.29) is 11.3 Å². The van der Waals surface area contributed by atoms with Gasteiger partial charge in [-0.1, -0.05) is 18.7 Å². The average Bonchev–Trinajstić information content (AvgIpc) is 2.15. The summed E-state index contributed by atoms with van der Waals surface area (Å²) < 4.78 is 22.4. The molecule has 0 aliphatic rings. The maximum atomic E-state index is 11.2. The van der Waals surface area contributed by atoms with Crippen LogP contribution >= 0.6 is 0 Å². The lowest BCUT2D eigenvalue weighted by molar-refractivity contribution is -0.135. The first-order valence-corrected chi connectivity index (χ1v) is 6.40. The van der Waals surface area contributed by atoms with Crippen molar-refractivity contribution in [2.75, 3.05) is 6.26 Å². The van der Waals surface area contributed by atoms with E-state index in [0.29, 0.717) is 11.1 Å². The third-order valence-electron chi connectivity index (χ3n) is 2.06. The van der Waals surface area contributed by atoms with Crippen molar-refractivity contribution in [3.05, 3.63) is 36.4 Å². The number of carbonyl (C=O) groups is 1. The van der Waals surface area contributed by atoms with Gasteiger partial charge >= 0.3 is 5.97 Å². The van der Waals surface area contributed by atoms with Crippen molar-refractivity contribution >= 4 is 21.4 Å². The van der Waals surface area contributed by atoms with E-state index >= 15 is 0 Å². The molecule has 1 N–H and O–H groups in total. The van der Waals surface area contributed by atoms with Crippen molar-refractivity contribution in [2.45, 2.75) is 11.3 Å². The van der Waals surface area contributed by atoms with E-state index in [9.17, 15) is 13.2 Å². The van der Waals surface area contributed by atoms with Crippen LogP contribution in [0.15, 0.2) is 35.7 Å². The molecule has 0 saturated heterocycles. The lowest BCUT2D eigenvalue weighted by Gasteiger charge is -2.04. The van der Waals surface area contributed by atoms with Crippen molar-refractivity contribution in [3.63, 3.8) is 0 Å². The smallest absolute Gasteiger partial charge is 0.307 e. The lowest BCUT2D eigenvalue weighted by Crippen LogP contribution is -1.98. The number of sulfone groups is 1. The Balaban J connectivity index is 2.96. The van der Waals surface area contributed by atoms with Crippen LogP contribution in [0, 0.1) is 0 Å². The zero-order chi connectivity index (χ0) is 12.3. The first-order chi connectivity index (χ1) is 7.30. The van der Waals surface area contributed by atoms with Gasteiger partial charge in [-0.2, -0.15) is 0 Å². The molecule has 0 bridgehead atoms. The fourth-order valence-corrected chi connectivity index (χ4v) is 1.85. The zero-order valence-electron chi connectivity index (χ0n) is 8.80. The van der Waals surface area contributed by atoms with Crippen LogP contribution in [-0.2, 0) is 14.6 Å². The monoisotopic (exact) mass is 240 g/mol. The molecule has 0 radical (unpaired) electrons. The standard InChI is InChI=1S/C11H12O4S/c1-8(7-11(12)13)9-3-5-10(6-4-9)16(2,14)15/h3-6H,1,7H2,2H3,(H,12,13). The molecular weight excluding hydrogens is 228 g/mol. The molecule has 0 amide bonds. The molecule has 0 saturated carbocycles. The molecule has 1 rings (SSSR count). The summed E-state index contributed by atoms with van der Waals surface area (Å²) >= 11 is 0. The Bertz CT molecular complexity index is 511. The molecule has 0 aromatic heterocycles. The molecule has 0 heterocycles. The van der Waals surface area contributed by atoms with Gasteiger partial charge in [0, 0.05) is 6.26 Å². The fraction of sp³-hybridized carbons (Fsp3) is 0.182. The van der Waals surface area contributed by atoms with Crippen LogP contribution in [0.3, 0.4) is 0 Å². The third kappa shape index (κ3) is 3.20. The largest absolute Gasteiger partial charge is 0.481 e. The topological polar surface area (TPSA) is 71.4 Å². The number of aliphatic carboxylic acids is 1. The Labute approximate surface area is 94.1 Å². The molecule has 16 heavy (non-hydrogen) atoms. The minimum Gasteiger partial charge on any atom is -0.481 e. The second-order valence-corrected chi connectivity index (χ2v) is 5.49. The number of carboxylic acid groups (broad SMARTS) is 1. The van der Waals surface area contributed by atoms with Crippen LogP contribution in [0.2, 0.25) is 0 Å². The molecule has 1 aromatic rings. The normalized spacial score (nSPS) is 11.1. The summed E-state index contributed by atoms with van der Waals surface area (Å²) in [6.45, 7) is 3.63. The molecule has 0 aliphatic carbocycles. The number of carboxylic acids is 1. The highest BCUT2D eigenvalue weighted by molar-refractivity contribution is 7.90. The fourth-order valence-electron chi connectivity index (χ4n) is 1.22. The van der Waals surface area contributed by atoms with Gasteiger partial charge in [-0.15, -0.1) is 0 Å². The Hall–Kier alpha value is -1.62. The van der Waals surface area contributed by atoms with Crippen LogP contribution < -0.4 is 0 Å². The van der Waals surface area contributed by atoms with Crippen LogP contribution in [0.1, 0.15) is 12.0 Å². The maximum absolute atomic E-state index is 11.2. The van der Waals surface area contributed by atoms with E-state index in [1.165, 1.54) is 12.1 Å². The highest BCUT2D eigenvalue weighted by Gasteiger charge is 2.08. The first kappa shape index (κ1) is 12.4. The number of rotatable bonds is 4. The third-order valence-corrected chi connectivity index (χ3v) is 3.18. The van der Waals surface area contributed by atoms with Gasteiger partial charge in [0.05, 0.1) is 11.3 Å². The summed E-state index contributed by atoms with van der Waals surface area (Å²) in [6.07, 6.45) is 0.965. The molecule has 1 aromatic carbocycles. The molecule has 0 atom stereocenters. The van der Waals surface area contributed by atoms with Gasteiger partial charge < -0.3 is 5.11 Å². The Kier molecular flexibility index (Phi) is 3.49. The Morgan fingerprint density at radius 3 is 2.19 bits per heavy atom. The molecule has 0 unspecified atom stereocenters. The predicted octanol–water partition coefficient (Wildman–Crippen LogP) is 1.58. The van der Waals surface area contributed by atoms with Crippen molar-refractivity contribution in [2.24, 2.45) is 0 Å². The van der Waals surface area contributed by atoms with Gasteiger partial charge in [-0.3, -0.25) is 4.79 Å². The minimum atomic E-state index is -3.21. The van der Waals surface area contributed by atoms with Gasteiger partial charge in [-0.05, 0) is 23.3 Å². The van der Waals surface area contributed by atoms with Crippen LogP contribution in [-0.4, -0.2) is 25.7 Å². The van der Waals surface area contributed by atoms with Gasteiger partial charge in [0.15, 0.2) is 9.84 Å². The van der Waals surface area contributed by atoms with Gasteiger partial charge in [-0.25, -0.2) is 8.42 Å². The Morgan fingerprint density at radius 1 is 1.31 bits per heavy atom. The molecule has 0 fully saturated rings. The number of hydrogen-bond acceptors (Lipinski definition) is 3. The van der Waals surface area contributed by atoms with E-state index in [1.54, 1.807) is 12.1 Å². The molecule has 0 spiro atoms. The van der Waals surface area contributed by atoms with E-state index in [2.05, 4.69) is 6.58 Å². The molecule has 86 valence electrons. The van der Waals surface area contributed by atoms with Crippen molar-refractivity contribution < 1.29 is 18.3 Å². The van der Waals surface area contributed by atoms with Crippen molar-refractivity contribution in [1.82, 2.24) is 0 Å². The van der Waals surface area contributed by atoms with Crippen molar-refractivity contribution in [3.8, 4) is 0 Å². The summed E-state index contributed by atoms with van der Waals surface area (Å²) in [5, 5.41) is 8.57. The van der Waals surface area contributed by atoms with Gasteiger partial charge in [0.25, 0.3) is 0 Å². The number of hydrogen-bond donors (Lipinski definition) is 1. The van der Waals surface area contributed by atoms with Gasteiger partial charge in [0.1, 0.15) is 0 Å². The molecular formula is C11H12O4S. The first-order valence-electron chi connectivity index (χ1n) is 4.51. The SMILES string of the molecule is C=C(CC(=O)O)c1ccc(S(C)(=O)=O)cc1. The highest BCUT2D eigenvalue weighted by atomic mass is 32.2. The highest BCUT2D eigenvalue weighted by Crippen LogP contribution is 2.18.